The lowest BCUT2D eigenvalue weighted by atomic mass is 10.0. The lowest BCUT2D eigenvalue weighted by Gasteiger charge is -2.12. The van der Waals surface area contributed by atoms with Crippen LogP contribution in [0.3, 0.4) is 0 Å². The molecule has 0 aliphatic rings. The molecule has 0 fully saturated rings. The van der Waals surface area contributed by atoms with Crippen molar-refractivity contribution in [1.82, 2.24) is 16.2 Å². The van der Waals surface area contributed by atoms with Crippen LogP contribution in [0.25, 0.3) is 0 Å². The Morgan fingerprint density at radius 2 is 2.10 bits per heavy atom. The molecule has 0 aliphatic carbocycles. The van der Waals surface area contributed by atoms with E-state index >= 15 is 0 Å². The first-order valence-electron chi connectivity index (χ1n) is 6.12. The van der Waals surface area contributed by atoms with Crippen LogP contribution in [-0.2, 0) is 4.79 Å². The van der Waals surface area contributed by atoms with Crippen molar-refractivity contribution >= 4 is 39.2 Å². The summed E-state index contributed by atoms with van der Waals surface area (Å²) in [5.74, 6) is 0.749. The maximum atomic E-state index is 11.5. The van der Waals surface area contributed by atoms with Gasteiger partial charge in [0.15, 0.2) is 11.7 Å². The summed E-state index contributed by atoms with van der Waals surface area (Å²) in [5.41, 5.74) is 6.16. The fourth-order valence-corrected chi connectivity index (χ4v) is 1.92. The van der Waals surface area contributed by atoms with Crippen LogP contribution in [0.1, 0.15) is 25.3 Å². The summed E-state index contributed by atoms with van der Waals surface area (Å²) in [6, 6.07) is 5.82. The van der Waals surface area contributed by atoms with Gasteiger partial charge in [0.05, 0.1) is 4.47 Å². The molecular formula is C13H18BrN3O2S. The monoisotopic (exact) mass is 359 g/mol. The molecule has 0 spiro atoms. The van der Waals surface area contributed by atoms with Crippen molar-refractivity contribution in [3.63, 3.8) is 0 Å². The average Bonchev–Trinajstić information content (AvgIpc) is 2.43. The van der Waals surface area contributed by atoms with Crippen LogP contribution in [0.4, 0.5) is 0 Å². The van der Waals surface area contributed by atoms with Gasteiger partial charge in [0.25, 0.3) is 5.91 Å². The predicted octanol–water partition coefficient (Wildman–Crippen LogP) is 2.08. The molecular weight excluding hydrogens is 342 g/mol. The molecule has 1 rings (SSSR count). The Kier molecular flexibility index (Phi) is 6.74. The Labute approximate surface area is 132 Å². The van der Waals surface area contributed by atoms with E-state index in [0.717, 1.165) is 4.47 Å². The number of carbonyl (C=O) groups excluding carboxylic acids is 1. The topological polar surface area (TPSA) is 62.4 Å². The average molecular weight is 360 g/mol. The second-order valence-electron chi connectivity index (χ2n) is 4.39. The third-order valence-electron chi connectivity index (χ3n) is 2.52. The van der Waals surface area contributed by atoms with E-state index in [2.05, 4.69) is 45.9 Å². The van der Waals surface area contributed by atoms with E-state index < -0.39 is 0 Å². The lowest BCUT2D eigenvalue weighted by molar-refractivity contribution is -0.123. The summed E-state index contributed by atoms with van der Waals surface area (Å²) >= 11 is 8.26. The molecule has 0 radical (unpaired) electrons. The van der Waals surface area contributed by atoms with Crippen molar-refractivity contribution in [1.29, 1.82) is 0 Å². The van der Waals surface area contributed by atoms with Crippen LogP contribution in [0.2, 0.25) is 0 Å². The molecule has 7 heteroatoms. The molecule has 110 valence electrons. The van der Waals surface area contributed by atoms with E-state index in [1.54, 1.807) is 7.05 Å². The van der Waals surface area contributed by atoms with Crippen molar-refractivity contribution in [3.8, 4) is 5.75 Å². The smallest absolute Gasteiger partial charge is 0.276 e. The molecule has 1 aromatic rings. The van der Waals surface area contributed by atoms with Gasteiger partial charge in [-0.2, -0.15) is 0 Å². The summed E-state index contributed by atoms with van der Waals surface area (Å²) in [4.78, 5) is 11.5. The van der Waals surface area contributed by atoms with Crippen LogP contribution in [0, 0.1) is 0 Å². The van der Waals surface area contributed by atoms with Crippen molar-refractivity contribution < 1.29 is 9.53 Å². The number of halogens is 1. The number of amides is 1. The Hall–Kier alpha value is -1.34. The van der Waals surface area contributed by atoms with E-state index in [-0.39, 0.29) is 12.5 Å². The van der Waals surface area contributed by atoms with Gasteiger partial charge in [-0.3, -0.25) is 15.6 Å². The summed E-state index contributed by atoms with van der Waals surface area (Å²) in [6.45, 7) is 4.14. The van der Waals surface area contributed by atoms with E-state index in [4.69, 9.17) is 17.0 Å². The van der Waals surface area contributed by atoms with E-state index in [1.165, 1.54) is 5.56 Å². The second kappa shape index (κ2) is 8.06. The van der Waals surface area contributed by atoms with Crippen molar-refractivity contribution in [3.05, 3.63) is 28.2 Å². The maximum absolute atomic E-state index is 11.5. The fraction of sp³-hybridized carbons (Fsp3) is 0.385. The van der Waals surface area contributed by atoms with Gasteiger partial charge >= 0.3 is 0 Å². The minimum Gasteiger partial charge on any atom is -0.483 e. The van der Waals surface area contributed by atoms with Crippen LogP contribution in [-0.4, -0.2) is 24.7 Å². The van der Waals surface area contributed by atoms with Crippen LogP contribution >= 0.6 is 28.1 Å². The highest BCUT2D eigenvalue weighted by Gasteiger charge is 2.08. The molecule has 1 amide bonds. The second-order valence-corrected chi connectivity index (χ2v) is 5.65. The number of ether oxygens (including phenoxy) is 1. The summed E-state index contributed by atoms with van der Waals surface area (Å²) in [6.07, 6.45) is 0. The van der Waals surface area contributed by atoms with Crippen molar-refractivity contribution in [2.24, 2.45) is 0 Å². The molecule has 0 saturated heterocycles. The van der Waals surface area contributed by atoms with Crippen LogP contribution in [0.5, 0.6) is 5.75 Å². The fourth-order valence-electron chi connectivity index (χ4n) is 1.36. The number of carbonyl (C=O) groups is 1. The predicted molar refractivity (Wildman–Crippen MR) is 86.7 cm³/mol. The molecule has 3 N–H and O–H groups in total. The SMILES string of the molecule is CNC(=S)NNC(=O)COc1ccc(C(C)C)cc1Br. The molecule has 5 nitrogen and oxygen atoms in total. The van der Waals surface area contributed by atoms with Gasteiger partial charge in [-0.25, -0.2) is 0 Å². The molecule has 0 heterocycles. The normalized spacial score (nSPS) is 10.1. The third-order valence-corrected chi connectivity index (χ3v) is 3.45. The van der Waals surface area contributed by atoms with Crippen molar-refractivity contribution in [2.45, 2.75) is 19.8 Å². The largest absolute Gasteiger partial charge is 0.483 e. The first-order chi connectivity index (χ1) is 9.43. The molecule has 0 saturated carbocycles. The summed E-state index contributed by atoms with van der Waals surface area (Å²) < 4.78 is 6.27. The Morgan fingerprint density at radius 3 is 2.65 bits per heavy atom. The Balaban J connectivity index is 2.49. The standard InChI is InChI=1S/C13H18BrN3O2S/c1-8(2)9-4-5-11(10(14)6-9)19-7-12(18)16-17-13(20)15-3/h4-6,8H,7H2,1-3H3,(H,16,18)(H2,15,17,20). The highest BCUT2D eigenvalue weighted by Crippen LogP contribution is 2.28. The zero-order valence-corrected chi connectivity index (χ0v) is 14.0. The first kappa shape index (κ1) is 16.7. The van der Waals surface area contributed by atoms with Gasteiger partial charge in [-0.1, -0.05) is 19.9 Å². The molecule has 0 aromatic heterocycles. The van der Waals surface area contributed by atoms with Gasteiger partial charge in [0, 0.05) is 7.05 Å². The molecule has 0 bridgehead atoms. The van der Waals surface area contributed by atoms with Crippen LogP contribution < -0.4 is 20.9 Å². The highest BCUT2D eigenvalue weighted by molar-refractivity contribution is 9.10. The van der Waals surface area contributed by atoms with Gasteiger partial charge in [-0.05, 0) is 51.8 Å². The van der Waals surface area contributed by atoms with Crippen molar-refractivity contribution in [2.75, 3.05) is 13.7 Å². The number of rotatable bonds is 4. The first-order valence-corrected chi connectivity index (χ1v) is 7.33. The lowest BCUT2D eigenvalue weighted by Crippen LogP contribution is -2.47. The molecule has 0 unspecified atom stereocenters. The number of hydrazine groups is 1. The quantitative estimate of drug-likeness (QED) is 0.567. The van der Waals surface area contributed by atoms with Gasteiger partial charge in [0.2, 0.25) is 0 Å². The zero-order chi connectivity index (χ0) is 15.1. The number of hydrogen-bond acceptors (Lipinski definition) is 3. The van der Waals surface area contributed by atoms with Gasteiger partial charge in [-0.15, -0.1) is 0 Å². The minimum atomic E-state index is -0.317. The molecule has 20 heavy (non-hydrogen) atoms. The molecule has 1 aromatic carbocycles. The van der Waals surface area contributed by atoms with E-state index in [9.17, 15) is 4.79 Å². The number of thiocarbonyl (C=S) groups is 1. The molecule has 0 atom stereocenters. The van der Waals surface area contributed by atoms with Crippen LogP contribution in [0.15, 0.2) is 22.7 Å². The zero-order valence-electron chi connectivity index (χ0n) is 11.6. The van der Waals surface area contributed by atoms with Gasteiger partial charge < -0.3 is 10.1 Å². The number of nitrogens with one attached hydrogen (secondary N) is 3. The number of hydrogen-bond donors (Lipinski definition) is 3. The summed E-state index contributed by atoms with van der Waals surface area (Å²) in [5, 5.41) is 3.01. The maximum Gasteiger partial charge on any atom is 0.276 e. The summed E-state index contributed by atoms with van der Waals surface area (Å²) in [7, 11) is 1.66. The highest BCUT2D eigenvalue weighted by atomic mass is 79.9. The Morgan fingerprint density at radius 1 is 1.40 bits per heavy atom. The third kappa shape index (κ3) is 5.34. The number of benzene rings is 1. The van der Waals surface area contributed by atoms with E-state index in [0.29, 0.717) is 16.8 Å². The van der Waals surface area contributed by atoms with Gasteiger partial charge in [0.1, 0.15) is 5.75 Å². The van der Waals surface area contributed by atoms with E-state index in [1.807, 2.05) is 18.2 Å². The minimum absolute atomic E-state index is 0.0983. The Bertz CT molecular complexity index is 495. The molecule has 0 aliphatic heterocycles.